The first-order valence-electron chi connectivity index (χ1n) is 7.39. The monoisotopic (exact) mass is 276 g/mol. The Kier molecular flexibility index (Phi) is 5.35. The van der Waals surface area contributed by atoms with Gasteiger partial charge in [0.05, 0.1) is 0 Å². The molecule has 0 bridgehead atoms. The maximum Gasteiger partial charge on any atom is 0.269 e. The van der Waals surface area contributed by atoms with Crippen molar-refractivity contribution in [2.45, 2.75) is 32.2 Å². The molecule has 1 atom stereocenters. The summed E-state index contributed by atoms with van der Waals surface area (Å²) in [7, 11) is 2.06. The van der Waals surface area contributed by atoms with Gasteiger partial charge in [-0.15, -0.1) is 0 Å². The number of pyridine rings is 1. The van der Waals surface area contributed by atoms with E-state index < -0.39 is 0 Å². The van der Waals surface area contributed by atoms with Crippen LogP contribution in [0.2, 0.25) is 0 Å². The fourth-order valence-electron chi connectivity index (χ4n) is 2.55. The van der Waals surface area contributed by atoms with Crippen molar-refractivity contribution < 1.29 is 4.79 Å². The van der Waals surface area contributed by atoms with Crippen LogP contribution >= 0.6 is 0 Å². The van der Waals surface area contributed by atoms with E-state index in [0.717, 1.165) is 18.8 Å². The number of nitrogens with zero attached hydrogens (tertiary/aromatic N) is 2. The van der Waals surface area contributed by atoms with Crippen molar-refractivity contribution in [3.05, 3.63) is 24.0 Å². The smallest absolute Gasteiger partial charge is 0.269 e. The fourth-order valence-corrected chi connectivity index (χ4v) is 2.55. The molecular formula is C15H24N4O. The Morgan fingerprint density at radius 3 is 3.10 bits per heavy atom. The van der Waals surface area contributed by atoms with E-state index in [2.05, 4.69) is 27.6 Å². The molecule has 2 rings (SSSR count). The Hall–Kier alpha value is -1.62. The molecule has 1 aliphatic rings. The fraction of sp³-hybridized carbons (Fsp3) is 0.600. The molecule has 110 valence electrons. The minimum absolute atomic E-state index is 0.112. The van der Waals surface area contributed by atoms with Crippen molar-refractivity contribution in [2.75, 3.05) is 31.6 Å². The largest absolute Gasteiger partial charge is 0.373 e. The highest BCUT2D eigenvalue weighted by atomic mass is 16.1. The van der Waals surface area contributed by atoms with Gasteiger partial charge in [-0.1, -0.05) is 6.42 Å². The summed E-state index contributed by atoms with van der Waals surface area (Å²) >= 11 is 0. The van der Waals surface area contributed by atoms with Crippen LogP contribution in [0.15, 0.2) is 18.3 Å². The normalized spacial score (nSPS) is 18.6. The van der Waals surface area contributed by atoms with Gasteiger partial charge in [-0.2, -0.15) is 0 Å². The number of rotatable bonds is 5. The lowest BCUT2D eigenvalue weighted by atomic mass is 10.0. The zero-order valence-electron chi connectivity index (χ0n) is 12.4. The average molecular weight is 276 g/mol. The Labute approximate surface area is 120 Å². The third-order valence-electron chi connectivity index (χ3n) is 3.66. The van der Waals surface area contributed by atoms with E-state index in [1.54, 1.807) is 6.20 Å². The molecule has 1 saturated heterocycles. The molecule has 1 fully saturated rings. The molecule has 0 aromatic carbocycles. The zero-order valence-corrected chi connectivity index (χ0v) is 12.4. The van der Waals surface area contributed by atoms with Gasteiger partial charge < -0.3 is 15.5 Å². The number of piperidine rings is 1. The van der Waals surface area contributed by atoms with Gasteiger partial charge in [0.2, 0.25) is 0 Å². The summed E-state index contributed by atoms with van der Waals surface area (Å²) in [5.74, 6) is -0.112. The van der Waals surface area contributed by atoms with Crippen molar-refractivity contribution in [1.29, 1.82) is 0 Å². The van der Waals surface area contributed by atoms with Gasteiger partial charge in [-0.05, 0) is 38.4 Å². The van der Waals surface area contributed by atoms with Gasteiger partial charge in [-0.3, -0.25) is 9.78 Å². The maximum atomic E-state index is 11.8. The molecule has 1 aromatic rings. The first-order chi connectivity index (χ1) is 9.70. The lowest BCUT2D eigenvalue weighted by molar-refractivity contribution is 0.0951. The van der Waals surface area contributed by atoms with Crippen LogP contribution in [-0.4, -0.2) is 43.6 Å². The highest BCUT2D eigenvalue weighted by Crippen LogP contribution is 2.15. The molecule has 5 heteroatoms. The van der Waals surface area contributed by atoms with E-state index in [1.165, 1.54) is 19.3 Å². The molecule has 1 unspecified atom stereocenters. The first-order valence-corrected chi connectivity index (χ1v) is 7.39. The molecule has 0 saturated carbocycles. The van der Waals surface area contributed by atoms with Crippen LogP contribution in [0, 0.1) is 0 Å². The molecule has 0 aliphatic carbocycles. The summed E-state index contributed by atoms with van der Waals surface area (Å²) in [5, 5.41) is 6.32. The number of likely N-dealkylation sites (N-methyl/N-ethyl adjacent to an activating group) is 1. The Morgan fingerprint density at radius 1 is 1.55 bits per heavy atom. The van der Waals surface area contributed by atoms with Gasteiger partial charge in [0.1, 0.15) is 5.69 Å². The van der Waals surface area contributed by atoms with Crippen molar-refractivity contribution in [2.24, 2.45) is 0 Å². The van der Waals surface area contributed by atoms with E-state index in [4.69, 9.17) is 0 Å². The molecule has 0 radical (unpaired) electrons. The van der Waals surface area contributed by atoms with Crippen LogP contribution in [0.3, 0.4) is 0 Å². The van der Waals surface area contributed by atoms with E-state index in [9.17, 15) is 4.79 Å². The molecular weight excluding hydrogens is 252 g/mol. The van der Waals surface area contributed by atoms with Gasteiger partial charge in [0.25, 0.3) is 5.91 Å². The second kappa shape index (κ2) is 7.24. The first kappa shape index (κ1) is 14.8. The summed E-state index contributed by atoms with van der Waals surface area (Å²) in [4.78, 5) is 18.1. The number of carbonyl (C=O) groups excluding carboxylic acids is 1. The standard InChI is InChI=1S/C15H24N4O/c1-3-16-15(20)14-10-13(7-9-18-14)19(2)11-12-6-4-5-8-17-12/h7,9-10,12,17H,3-6,8,11H2,1-2H3,(H,16,20). The quantitative estimate of drug-likeness (QED) is 0.854. The summed E-state index contributed by atoms with van der Waals surface area (Å²) in [6.07, 6.45) is 5.49. The number of anilines is 1. The lowest BCUT2D eigenvalue weighted by Gasteiger charge is -2.29. The van der Waals surface area contributed by atoms with E-state index in [1.807, 2.05) is 19.1 Å². The van der Waals surface area contributed by atoms with Crippen LogP contribution in [0.5, 0.6) is 0 Å². The molecule has 0 spiro atoms. The number of nitrogens with one attached hydrogen (secondary N) is 2. The molecule has 1 amide bonds. The third-order valence-corrected chi connectivity index (χ3v) is 3.66. The highest BCUT2D eigenvalue weighted by Gasteiger charge is 2.15. The van der Waals surface area contributed by atoms with E-state index in [-0.39, 0.29) is 5.91 Å². The second-order valence-electron chi connectivity index (χ2n) is 5.29. The van der Waals surface area contributed by atoms with Crippen LogP contribution in [0.4, 0.5) is 5.69 Å². The summed E-state index contributed by atoms with van der Waals surface area (Å²) < 4.78 is 0. The molecule has 20 heavy (non-hydrogen) atoms. The number of carbonyl (C=O) groups is 1. The van der Waals surface area contributed by atoms with Crippen LogP contribution in [0.25, 0.3) is 0 Å². The summed E-state index contributed by atoms with van der Waals surface area (Å²) in [6, 6.07) is 4.34. The second-order valence-corrected chi connectivity index (χ2v) is 5.29. The number of hydrogen-bond donors (Lipinski definition) is 2. The van der Waals surface area contributed by atoms with Crippen molar-refractivity contribution in [1.82, 2.24) is 15.6 Å². The Morgan fingerprint density at radius 2 is 2.40 bits per heavy atom. The van der Waals surface area contributed by atoms with Crippen LogP contribution < -0.4 is 15.5 Å². The molecule has 2 N–H and O–H groups in total. The van der Waals surface area contributed by atoms with Gasteiger partial charge >= 0.3 is 0 Å². The molecule has 1 aliphatic heterocycles. The van der Waals surface area contributed by atoms with Crippen molar-refractivity contribution in [3.63, 3.8) is 0 Å². The van der Waals surface area contributed by atoms with Crippen molar-refractivity contribution in [3.8, 4) is 0 Å². The predicted octanol–water partition coefficient (Wildman–Crippen LogP) is 1.41. The average Bonchev–Trinajstić information content (AvgIpc) is 2.48. The zero-order chi connectivity index (χ0) is 14.4. The predicted molar refractivity (Wildman–Crippen MR) is 81.2 cm³/mol. The van der Waals surface area contributed by atoms with Gasteiger partial charge in [-0.25, -0.2) is 0 Å². The maximum absolute atomic E-state index is 11.8. The Bertz CT molecular complexity index is 443. The SMILES string of the molecule is CCNC(=O)c1cc(N(C)CC2CCCCN2)ccn1. The minimum atomic E-state index is -0.112. The molecule has 5 nitrogen and oxygen atoms in total. The van der Waals surface area contributed by atoms with Crippen LogP contribution in [0.1, 0.15) is 36.7 Å². The van der Waals surface area contributed by atoms with E-state index >= 15 is 0 Å². The number of hydrogen-bond acceptors (Lipinski definition) is 4. The molecule has 2 heterocycles. The number of aromatic nitrogens is 1. The lowest BCUT2D eigenvalue weighted by Crippen LogP contribution is -2.42. The summed E-state index contributed by atoms with van der Waals surface area (Å²) in [6.45, 7) is 4.59. The Balaban J connectivity index is 2.00. The van der Waals surface area contributed by atoms with E-state index in [0.29, 0.717) is 18.3 Å². The van der Waals surface area contributed by atoms with Crippen LogP contribution in [-0.2, 0) is 0 Å². The number of amides is 1. The highest BCUT2D eigenvalue weighted by molar-refractivity contribution is 5.93. The summed E-state index contributed by atoms with van der Waals surface area (Å²) in [5.41, 5.74) is 1.52. The topological polar surface area (TPSA) is 57.3 Å². The molecule has 1 aromatic heterocycles. The van der Waals surface area contributed by atoms with Gasteiger partial charge in [0.15, 0.2) is 0 Å². The van der Waals surface area contributed by atoms with Crippen molar-refractivity contribution >= 4 is 11.6 Å². The minimum Gasteiger partial charge on any atom is -0.373 e. The third kappa shape index (κ3) is 3.93. The van der Waals surface area contributed by atoms with Gasteiger partial charge in [0, 0.05) is 38.1 Å².